The molecule has 1 aromatic heterocycles. The summed E-state index contributed by atoms with van der Waals surface area (Å²) >= 11 is 0. The zero-order valence-electron chi connectivity index (χ0n) is 22.1. The number of ketones is 1. The molecule has 0 unspecified atom stereocenters. The van der Waals surface area contributed by atoms with Crippen LogP contribution in [0.3, 0.4) is 0 Å². The summed E-state index contributed by atoms with van der Waals surface area (Å²) in [6, 6.07) is 16.5. The first-order valence-corrected chi connectivity index (χ1v) is 11.6. The van der Waals surface area contributed by atoms with Crippen molar-refractivity contribution < 1.29 is 40.2 Å². The number of hydrogen-bond donors (Lipinski definition) is 1. The predicted octanol–water partition coefficient (Wildman–Crippen LogP) is 8.14. The van der Waals surface area contributed by atoms with Crippen LogP contribution in [0, 0.1) is 25.8 Å². The summed E-state index contributed by atoms with van der Waals surface area (Å²) in [7, 11) is 0. The fourth-order valence-corrected chi connectivity index (χ4v) is 3.81. The fourth-order valence-electron chi connectivity index (χ4n) is 3.81. The van der Waals surface area contributed by atoms with E-state index in [0.29, 0.717) is 24.8 Å². The van der Waals surface area contributed by atoms with Gasteiger partial charge < -0.3 is 10.1 Å². The molecule has 0 saturated carbocycles. The van der Waals surface area contributed by atoms with E-state index in [0.717, 1.165) is 16.8 Å². The van der Waals surface area contributed by atoms with Gasteiger partial charge in [-0.25, -0.2) is 8.78 Å². The minimum atomic E-state index is -4.15. The Labute approximate surface area is 222 Å². The van der Waals surface area contributed by atoms with Gasteiger partial charge in [-0.15, -0.1) is 34.9 Å². The van der Waals surface area contributed by atoms with E-state index in [9.17, 15) is 18.7 Å². The van der Waals surface area contributed by atoms with Crippen molar-refractivity contribution in [1.82, 2.24) is 4.98 Å². The van der Waals surface area contributed by atoms with E-state index in [1.165, 1.54) is 21.9 Å². The molecule has 0 aliphatic rings. The molecule has 1 radical (unpaired) electrons. The van der Waals surface area contributed by atoms with Crippen molar-refractivity contribution in [3.63, 3.8) is 0 Å². The summed E-state index contributed by atoms with van der Waals surface area (Å²) in [5.74, 6) is -1.80. The van der Waals surface area contributed by atoms with Gasteiger partial charge in [-0.2, -0.15) is 0 Å². The van der Waals surface area contributed by atoms with Gasteiger partial charge in [0.1, 0.15) is 1.37 Å². The molecule has 3 rings (SSSR count). The van der Waals surface area contributed by atoms with Crippen molar-refractivity contribution in [1.29, 1.82) is 0 Å². The molecule has 0 fully saturated rings. The topological polar surface area (TPSA) is 50.2 Å². The largest absolute Gasteiger partial charge is 0.512 e. The summed E-state index contributed by atoms with van der Waals surface area (Å²) in [4.78, 5) is 15.2. The summed E-state index contributed by atoms with van der Waals surface area (Å²) in [5, 5.41) is 11.7. The van der Waals surface area contributed by atoms with Crippen LogP contribution in [0.15, 0.2) is 54.4 Å². The number of benzene rings is 2. The molecule has 3 aromatic rings. The minimum Gasteiger partial charge on any atom is -0.512 e. The first kappa shape index (κ1) is 28.8. The number of nitrogens with zero attached hydrogens (tertiary/aromatic N) is 1. The average Bonchev–Trinajstić information content (AvgIpc) is 2.78. The second kappa shape index (κ2) is 14.2. The second-order valence-corrected chi connectivity index (χ2v) is 8.76. The Balaban J connectivity index is 0.000000382. The molecule has 6 heteroatoms. The smallest absolute Gasteiger partial charge is 0.300 e. The van der Waals surface area contributed by atoms with Gasteiger partial charge in [0.15, 0.2) is 0 Å². The fraction of sp³-hybridized carbons (Fsp3) is 0.379. The number of pyridine rings is 1. The molecular formula is C29H34F2IrNO2-. The Morgan fingerprint density at radius 2 is 1.80 bits per heavy atom. The van der Waals surface area contributed by atoms with Gasteiger partial charge in [-0.1, -0.05) is 59.7 Å². The molecular weight excluding hydrogens is 625 g/mol. The zero-order valence-corrected chi connectivity index (χ0v) is 23.5. The molecule has 0 atom stereocenters. The molecule has 1 N–H and O–H groups in total. The summed E-state index contributed by atoms with van der Waals surface area (Å²) in [6.45, 7) is 12.2. The standard InChI is InChI=1S/C20H20N.C9H14F2O2.Ir/c1-13(2)16-5-6-19-17(12-16)7-8-21-20(19)18-10-14(3)9-15(4)11-18;1-3-6(4-2)7(12)5-8(13)9(10)11;/h5-10,12-13H,1-4H3;5-6,9,12H,3-4H2,1-2H3;/q-1;;/b;7-5-;/i;9D;. The van der Waals surface area contributed by atoms with Gasteiger partial charge in [0.05, 0.1) is 5.76 Å². The van der Waals surface area contributed by atoms with Crippen molar-refractivity contribution >= 4 is 16.6 Å². The maximum absolute atomic E-state index is 12.1. The number of hydrogen-bond acceptors (Lipinski definition) is 3. The number of carbonyl (C=O) groups is 1. The van der Waals surface area contributed by atoms with Crippen molar-refractivity contribution in [2.75, 3.05) is 0 Å². The molecule has 0 aliphatic carbocycles. The number of carbonyl (C=O) groups excluding carboxylic acids is 1. The Morgan fingerprint density at radius 1 is 1.14 bits per heavy atom. The third-order valence-corrected chi connectivity index (χ3v) is 5.73. The molecule has 191 valence electrons. The van der Waals surface area contributed by atoms with Crippen LogP contribution in [-0.2, 0) is 24.9 Å². The van der Waals surface area contributed by atoms with Gasteiger partial charge >= 0.3 is 0 Å². The van der Waals surface area contributed by atoms with Crippen LogP contribution in [0.5, 0.6) is 0 Å². The monoisotopic (exact) mass is 660 g/mol. The number of aryl methyl sites for hydroxylation is 2. The summed E-state index contributed by atoms with van der Waals surface area (Å²) < 4.78 is 30.4. The second-order valence-electron chi connectivity index (χ2n) is 8.76. The Hall–Kier alpha value is -2.43. The normalized spacial score (nSPS) is 12.2. The Morgan fingerprint density at radius 3 is 2.34 bits per heavy atom. The van der Waals surface area contributed by atoms with Crippen LogP contribution in [0.4, 0.5) is 8.78 Å². The maximum atomic E-state index is 12.1. The van der Waals surface area contributed by atoms with Crippen LogP contribution in [-0.4, -0.2) is 22.3 Å². The molecule has 35 heavy (non-hydrogen) atoms. The van der Waals surface area contributed by atoms with Crippen LogP contribution in [0.2, 0.25) is 0 Å². The van der Waals surface area contributed by atoms with E-state index >= 15 is 0 Å². The number of fused-ring (bicyclic) bond motifs is 1. The third-order valence-electron chi connectivity index (χ3n) is 5.73. The van der Waals surface area contributed by atoms with E-state index in [4.69, 9.17) is 1.37 Å². The van der Waals surface area contributed by atoms with E-state index in [1.54, 1.807) is 13.8 Å². The van der Waals surface area contributed by atoms with Crippen LogP contribution < -0.4 is 0 Å². The molecule has 0 saturated heterocycles. The van der Waals surface area contributed by atoms with Gasteiger partial charge in [-0.3, -0.25) is 4.79 Å². The first-order chi connectivity index (χ1) is 16.4. The van der Waals surface area contributed by atoms with E-state index in [2.05, 4.69) is 75.1 Å². The minimum absolute atomic E-state index is 0. The number of aromatic nitrogens is 1. The van der Waals surface area contributed by atoms with E-state index in [-0.39, 0.29) is 31.8 Å². The van der Waals surface area contributed by atoms with Crippen LogP contribution in [0.25, 0.3) is 22.0 Å². The molecule has 0 spiro atoms. The van der Waals surface area contributed by atoms with E-state index < -0.39 is 12.2 Å². The molecule has 2 aromatic carbocycles. The number of halogens is 2. The van der Waals surface area contributed by atoms with Gasteiger partial charge in [0, 0.05) is 38.3 Å². The van der Waals surface area contributed by atoms with Gasteiger partial charge in [0.25, 0.3) is 6.40 Å². The van der Waals surface area contributed by atoms with Crippen molar-refractivity contribution in [2.24, 2.45) is 5.92 Å². The summed E-state index contributed by atoms with van der Waals surface area (Å²) in [5.41, 5.74) is 5.87. The third kappa shape index (κ3) is 8.63. The van der Waals surface area contributed by atoms with E-state index in [1.807, 2.05) is 6.20 Å². The molecule has 0 aliphatic heterocycles. The SMILES string of the molecule is Cc1[c-]c(-c2nccc3cc(C(C)C)ccc23)cc(C)c1.[2H]C(F)(F)C(=O)/C=C(\O)C(CC)CC.[Ir]. The molecule has 0 amide bonds. The van der Waals surface area contributed by atoms with Crippen molar-refractivity contribution in [3.8, 4) is 11.3 Å². The molecule has 1 heterocycles. The van der Waals surface area contributed by atoms with Crippen molar-refractivity contribution in [2.45, 2.75) is 66.7 Å². The Bertz CT molecular complexity index is 1180. The molecule has 0 bridgehead atoms. The predicted molar refractivity (Wildman–Crippen MR) is 135 cm³/mol. The number of alkyl halides is 2. The number of allylic oxidation sites excluding steroid dienone is 2. The van der Waals surface area contributed by atoms with Crippen molar-refractivity contribution in [3.05, 3.63) is 77.2 Å². The van der Waals surface area contributed by atoms with Gasteiger partial charge in [-0.05, 0) is 46.9 Å². The number of rotatable bonds is 7. The summed E-state index contributed by atoms with van der Waals surface area (Å²) in [6.07, 6.45) is -0.677. The molecule has 3 nitrogen and oxygen atoms in total. The van der Waals surface area contributed by atoms with Gasteiger partial charge in [0.2, 0.25) is 5.78 Å². The zero-order chi connectivity index (χ0) is 26.3. The number of aliphatic hydroxyl groups is 1. The van der Waals surface area contributed by atoms with Crippen LogP contribution in [0.1, 0.15) is 64.5 Å². The maximum Gasteiger partial charge on any atom is 0.300 e. The number of aliphatic hydroxyl groups excluding tert-OH is 1. The average molecular weight is 660 g/mol. The first-order valence-electron chi connectivity index (χ1n) is 12.1. The quantitative estimate of drug-likeness (QED) is 0.158. The van der Waals surface area contributed by atoms with Crippen LogP contribution >= 0.6 is 0 Å². The Kier molecular flexibility index (Phi) is 11.7.